The summed E-state index contributed by atoms with van der Waals surface area (Å²) in [5.74, 6) is 0.947. The molecule has 0 saturated heterocycles. The molecule has 1 unspecified atom stereocenters. The molecule has 0 spiro atoms. The normalized spacial score (nSPS) is 18.0. The van der Waals surface area contributed by atoms with Crippen molar-refractivity contribution in [3.63, 3.8) is 0 Å². The van der Waals surface area contributed by atoms with Crippen LogP contribution in [-0.2, 0) is 13.0 Å². The molecular formula is C18H24N2O. The SMILES string of the molecule is NC1CCCCc2cn(CCCOc3ccccc3)cc21. The number of hydrogen-bond acceptors (Lipinski definition) is 2. The van der Waals surface area contributed by atoms with Gasteiger partial charge in [-0.3, -0.25) is 0 Å². The number of ether oxygens (including phenoxy) is 1. The van der Waals surface area contributed by atoms with Gasteiger partial charge >= 0.3 is 0 Å². The van der Waals surface area contributed by atoms with E-state index in [1.54, 1.807) is 0 Å². The fraction of sp³-hybridized carbons (Fsp3) is 0.444. The molecule has 1 aliphatic rings. The monoisotopic (exact) mass is 284 g/mol. The summed E-state index contributed by atoms with van der Waals surface area (Å²) in [5, 5.41) is 0. The fourth-order valence-electron chi connectivity index (χ4n) is 3.03. The molecule has 0 aliphatic heterocycles. The number of hydrogen-bond donors (Lipinski definition) is 1. The van der Waals surface area contributed by atoms with Crippen LogP contribution in [0.4, 0.5) is 0 Å². The zero-order chi connectivity index (χ0) is 14.5. The fourth-order valence-corrected chi connectivity index (χ4v) is 3.03. The molecule has 21 heavy (non-hydrogen) atoms. The van der Waals surface area contributed by atoms with Crippen molar-refractivity contribution in [1.82, 2.24) is 4.57 Å². The lowest BCUT2D eigenvalue weighted by atomic mass is 10.1. The van der Waals surface area contributed by atoms with Gasteiger partial charge in [0.2, 0.25) is 0 Å². The molecule has 0 bridgehead atoms. The third-order valence-electron chi connectivity index (χ3n) is 4.18. The molecule has 3 heteroatoms. The Hall–Kier alpha value is -1.74. The van der Waals surface area contributed by atoms with Gasteiger partial charge in [0.25, 0.3) is 0 Å². The van der Waals surface area contributed by atoms with Crippen molar-refractivity contribution in [3.8, 4) is 5.75 Å². The zero-order valence-corrected chi connectivity index (χ0v) is 12.5. The van der Waals surface area contributed by atoms with Crippen LogP contribution in [0.3, 0.4) is 0 Å². The van der Waals surface area contributed by atoms with E-state index in [-0.39, 0.29) is 6.04 Å². The van der Waals surface area contributed by atoms with Gasteiger partial charge in [-0.15, -0.1) is 0 Å². The molecule has 1 aliphatic carbocycles. The highest BCUT2D eigenvalue weighted by atomic mass is 16.5. The smallest absolute Gasteiger partial charge is 0.119 e. The van der Waals surface area contributed by atoms with Gasteiger partial charge in [0.15, 0.2) is 0 Å². The average molecular weight is 284 g/mol. The zero-order valence-electron chi connectivity index (χ0n) is 12.5. The molecule has 2 aromatic rings. The molecule has 1 aromatic heterocycles. The van der Waals surface area contributed by atoms with Gasteiger partial charge in [0.1, 0.15) is 5.75 Å². The van der Waals surface area contributed by atoms with Gasteiger partial charge in [-0.05, 0) is 48.9 Å². The van der Waals surface area contributed by atoms with E-state index in [1.165, 1.54) is 30.4 Å². The lowest BCUT2D eigenvalue weighted by Crippen LogP contribution is -2.09. The van der Waals surface area contributed by atoms with Crippen LogP contribution in [0, 0.1) is 0 Å². The predicted molar refractivity (Wildman–Crippen MR) is 85.5 cm³/mol. The second-order valence-electron chi connectivity index (χ2n) is 5.84. The van der Waals surface area contributed by atoms with E-state index < -0.39 is 0 Å². The highest BCUT2D eigenvalue weighted by Gasteiger charge is 2.17. The molecule has 3 rings (SSSR count). The molecule has 1 atom stereocenters. The minimum Gasteiger partial charge on any atom is -0.494 e. The first kappa shape index (κ1) is 14.2. The summed E-state index contributed by atoms with van der Waals surface area (Å²) in [6.45, 7) is 1.74. The van der Waals surface area contributed by atoms with Crippen molar-refractivity contribution in [2.75, 3.05) is 6.61 Å². The van der Waals surface area contributed by atoms with E-state index >= 15 is 0 Å². The lowest BCUT2D eigenvalue weighted by molar-refractivity contribution is 0.302. The second-order valence-corrected chi connectivity index (χ2v) is 5.84. The number of nitrogens with two attached hydrogens (primary N) is 1. The van der Waals surface area contributed by atoms with Crippen LogP contribution in [0.5, 0.6) is 5.75 Å². The van der Waals surface area contributed by atoms with Gasteiger partial charge < -0.3 is 15.0 Å². The summed E-state index contributed by atoms with van der Waals surface area (Å²) in [7, 11) is 0. The first-order valence-electron chi connectivity index (χ1n) is 7.95. The predicted octanol–water partition coefficient (Wildman–Crippen LogP) is 3.68. The average Bonchev–Trinajstić information content (AvgIpc) is 2.84. The van der Waals surface area contributed by atoms with Crippen molar-refractivity contribution in [2.45, 2.75) is 44.7 Å². The van der Waals surface area contributed by atoms with Gasteiger partial charge in [0, 0.05) is 25.0 Å². The van der Waals surface area contributed by atoms with Gasteiger partial charge in [-0.25, -0.2) is 0 Å². The maximum Gasteiger partial charge on any atom is 0.119 e. The molecule has 0 amide bonds. The Balaban J connectivity index is 1.51. The van der Waals surface area contributed by atoms with Crippen LogP contribution in [0.25, 0.3) is 0 Å². The summed E-state index contributed by atoms with van der Waals surface area (Å²) >= 11 is 0. The molecule has 0 fully saturated rings. The van der Waals surface area contributed by atoms with Crippen molar-refractivity contribution < 1.29 is 4.74 Å². The largest absolute Gasteiger partial charge is 0.494 e. The third-order valence-corrected chi connectivity index (χ3v) is 4.18. The Morgan fingerprint density at radius 2 is 2.00 bits per heavy atom. The molecule has 0 saturated carbocycles. The first-order chi connectivity index (χ1) is 10.3. The van der Waals surface area contributed by atoms with E-state index in [2.05, 4.69) is 17.0 Å². The van der Waals surface area contributed by atoms with Crippen LogP contribution in [-0.4, -0.2) is 11.2 Å². The minimum absolute atomic E-state index is 0.226. The van der Waals surface area contributed by atoms with Crippen LogP contribution in [0.2, 0.25) is 0 Å². The molecular weight excluding hydrogens is 260 g/mol. The number of benzene rings is 1. The van der Waals surface area contributed by atoms with E-state index in [4.69, 9.17) is 10.5 Å². The molecule has 0 radical (unpaired) electrons. The van der Waals surface area contributed by atoms with Gasteiger partial charge in [-0.2, -0.15) is 0 Å². The lowest BCUT2D eigenvalue weighted by Gasteiger charge is -2.08. The van der Waals surface area contributed by atoms with Gasteiger partial charge in [-0.1, -0.05) is 24.6 Å². The highest BCUT2D eigenvalue weighted by Crippen LogP contribution is 2.27. The molecule has 2 N–H and O–H groups in total. The second kappa shape index (κ2) is 6.81. The number of aromatic nitrogens is 1. The van der Waals surface area contributed by atoms with E-state index in [0.29, 0.717) is 0 Å². The quantitative estimate of drug-likeness (QED) is 0.672. The van der Waals surface area contributed by atoms with Crippen LogP contribution in [0.15, 0.2) is 42.7 Å². The standard InChI is InChI=1S/C18H24N2O/c19-18-10-5-4-7-15-13-20(14-17(15)18)11-6-12-21-16-8-2-1-3-9-16/h1-3,8-9,13-14,18H,4-7,10-12,19H2. The van der Waals surface area contributed by atoms with Crippen molar-refractivity contribution in [2.24, 2.45) is 5.73 Å². The van der Waals surface area contributed by atoms with Crippen LogP contribution in [0.1, 0.15) is 42.9 Å². The maximum atomic E-state index is 6.25. The van der Waals surface area contributed by atoms with E-state index in [0.717, 1.165) is 31.7 Å². The van der Waals surface area contributed by atoms with Crippen molar-refractivity contribution >= 4 is 0 Å². The Morgan fingerprint density at radius 1 is 1.14 bits per heavy atom. The summed E-state index contributed by atoms with van der Waals surface area (Å²) in [5.41, 5.74) is 9.06. The maximum absolute atomic E-state index is 6.25. The highest BCUT2D eigenvalue weighted by molar-refractivity contribution is 5.28. The molecule has 1 aromatic carbocycles. The Morgan fingerprint density at radius 3 is 2.86 bits per heavy atom. The third kappa shape index (κ3) is 3.67. The van der Waals surface area contributed by atoms with Crippen LogP contribution >= 0.6 is 0 Å². The van der Waals surface area contributed by atoms with Crippen LogP contribution < -0.4 is 10.5 Å². The molecule has 3 nitrogen and oxygen atoms in total. The van der Waals surface area contributed by atoms with E-state index in [9.17, 15) is 0 Å². The number of nitrogens with zero attached hydrogens (tertiary/aromatic N) is 1. The first-order valence-corrected chi connectivity index (χ1v) is 7.95. The number of aryl methyl sites for hydroxylation is 2. The summed E-state index contributed by atoms with van der Waals surface area (Å²) in [4.78, 5) is 0. The summed E-state index contributed by atoms with van der Waals surface area (Å²) in [6.07, 6.45) is 10.3. The number of fused-ring (bicyclic) bond motifs is 1. The Bertz CT molecular complexity index is 562. The number of rotatable bonds is 5. The van der Waals surface area contributed by atoms with Crippen molar-refractivity contribution in [3.05, 3.63) is 53.9 Å². The summed E-state index contributed by atoms with van der Waals surface area (Å²) in [6, 6.07) is 10.2. The Labute approximate surface area is 126 Å². The molecule has 112 valence electrons. The van der Waals surface area contributed by atoms with E-state index in [1.807, 2.05) is 30.3 Å². The Kier molecular flexibility index (Phi) is 4.61. The van der Waals surface area contributed by atoms with Gasteiger partial charge in [0.05, 0.1) is 6.61 Å². The molecule has 1 heterocycles. The topological polar surface area (TPSA) is 40.2 Å². The summed E-state index contributed by atoms with van der Waals surface area (Å²) < 4.78 is 8.01. The van der Waals surface area contributed by atoms with Crippen molar-refractivity contribution in [1.29, 1.82) is 0 Å². The number of para-hydroxylation sites is 1. The minimum atomic E-state index is 0.226.